The molecule has 3 aliphatic rings. The Balaban J connectivity index is 1.47. The van der Waals surface area contributed by atoms with Gasteiger partial charge in [0.25, 0.3) is 5.91 Å². The smallest absolute Gasteiger partial charge is 0.251 e. The van der Waals surface area contributed by atoms with Gasteiger partial charge in [0.2, 0.25) is 0 Å². The van der Waals surface area contributed by atoms with Crippen LogP contribution in [0.3, 0.4) is 0 Å². The van der Waals surface area contributed by atoms with Crippen LogP contribution in [0, 0.1) is 0 Å². The van der Waals surface area contributed by atoms with Crippen molar-refractivity contribution in [2.75, 3.05) is 32.8 Å². The van der Waals surface area contributed by atoms with Gasteiger partial charge in [-0.1, -0.05) is 6.42 Å². The normalized spacial score (nSPS) is 30.7. The van der Waals surface area contributed by atoms with Gasteiger partial charge in [-0.05, 0) is 51.6 Å². The van der Waals surface area contributed by atoms with Gasteiger partial charge in [-0.25, -0.2) is 0 Å². The number of piperidine rings is 2. The van der Waals surface area contributed by atoms with Gasteiger partial charge < -0.3 is 14.5 Å². The van der Waals surface area contributed by atoms with E-state index < -0.39 is 0 Å². The summed E-state index contributed by atoms with van der Waals surface area (Å²) in [4.78, 5) is 17.0. The molecule has 3 fully saturated rings. The molecule has 0 saturated carbocycles. The lowest BCUT2D eigenvalue weighted by atomic mass is 9.99. The third kappa shape index (κ3) is 3.11. The molecule has 0 aromatic rings. The fourth-order valence-corrected chi connectivity index (χ4v) is 3.71. The minimum atomic E-state index is -0.133. The number of amides is 1. The van der Waals surface area contributed by atoms with Crippen molar-refractivity contribution in [3.63, 3.8) is 0 Å². The summed E-state index contributed by atoms with van der Waals surface area (Å²) in [5.74, 6) is 0.245. The molecular weight excluding hydrogens is 240 g/mol. The molecule has 3 heterocycles. The van der Waals surface area contributed by atoms with Crippen molar-refractivity contribution in [1.82, 2.24) is 9.80 Å². The summed E-state index contributed by atoms with van der Waals surface area (Å²) in [6.07, 6.45) is 8.24. The Labute approximate surface area is 116 Å². The Morgan fingerprint density at radius 3 is 2.26 bits per heavy atom. The topological polar surface area (TPSA) is 32.8 Å². The molecule has 3 aliphatic heterocycles. The number of carbonyl (C=O) groups is 1. The van der Waals surface area contributed by atoms with Gasteiger partial charge in [-0.2, -0.15) is 0 Å². The fourth-order valence-electron chi connectivity index (χ4n) is 3.71. The minimum Gasteiger partial charge on any atom is -0.368 e. The van der Waals surface area contributed by atoms with Crippen LogP contribution in [-0.2, 0) is 9.53 Å². The van der Waals surface area contributed by atoms with Crippen LogP contribution in [0.15, 0.2) is 0 Å². The molecule has 0 N–H and O–H groups in total. The highest BCUT2D eigenvalue weighted by molar-refractivity contribution is 5.81. The van der Waals surface area contributed by atoms with Crippen molar-refractivity contribution < 1.29 is 9.53 Å². The molecule has 0 aromatic heterocycles. The first-order chi connectivity index (χ1) is 9.34. The predicted molar refractivity (Wildman–Crippen MR) is 74.0 cm³/mol. The van der Waals surface area contributed by atoms with Crippen molar-refractivity contribution >= 4 is 5.91 Å². The molecular formula is C15H26N2O2. The molecule has 3 rings (SSSR count). The van der Waals surface area contributed by atoms with Crippen LogP contribution in [0.1, 0.15) is 44.9 Å². The minimum absolute atomic E-state index is 0.133. The standard InChI is InChI=1S/C15H26N2O2/c18-15(14-5-4-12-19-14)17-10-6-13(7-11-17)16-8-2-1-3-9-16/h13-14H,1-12H2. The molecule has 0 radical (unpaired) electrons. The monoisotopic (exact) mass is 266 g/mol. The van der Waals surface area contributed by atoms with Gasteiger partial charge in [0.1, 0.15) is 6.10 Å². The molecule has 1 unspecified atom stereocenters. The average molecular weight is 266 g/mol. The zero-order valence-electron chi connectivity index (χ0n) is 11.9. The molecule has 108 valence electrons. The predicted octanol–water partition coefficient (Wildman–Crippen LogP) is 1.64. The number of ether oxygens (including phenoxy) is 1. The van der Waals surface area contributed by atoms with E-state index in [1.54, 1.807) is 0 Å². The molecule has 0 spiro atoms. The Morgan fingerprint density at radius 2 is 1.63 bits per heavy atom. The van der Waals surface area contributed by atoms with Crippen LogP contribution in [0.25, 0.3) is 0 Å². The zero-order valence-corrected chi connectivity index (χ0v) is 11.9. The lowest BCUT2D eigenvalue weighted by molar-refractivity contribution is -0.142. The third-order valence-corrected chi connectivity index (χ3v) is 4.89. The second-order valence-electron chi connectivity index (χ2n) is 6.15. The average Bonchev–Trinajstić information content (AvgIpc) is 3.02. The van der Waals surface area contributed by atoms with E-state index in [0.29, 0.717) is 6.04 Å². The molecule has 1 amide bonds. The van der Waals surface area contributed by atoms with Crippen LogP contribution >= 0.6 is 0 Å². The quantitative estimate of drug-likeness (QED) is 0.762. The summed E-state index contributed by atoms with van der Waals surface area (Å²) < 4.78 is 5.51. The third-order valence-electron chi connectivity index (χ3n) is 4.89. The van der Waals surface area contributed by atoms with E-state index in [-0.39, 0.29) is 12.0 Å². The molecule has 4 heteroatoms. The van der Waals surface area contributed by atoms with E-state index in [4.69, 9.17) is 4.74 Å². The lowest BCUT2D eigenvalue weighted by Crippen LogP contribution is -2.50. The maximum Gasteiger partial charge on any atom is 0.251 e. The van der Waals surface area contributed by atoms with Crippen molar-refractivity contribution in [1.29, 1.82) is 0 Å². The van der Waals surface area contributed by atoms with Crippen LogP contribution in [-0.4, -0.2) is 60.6 Å². The summed E-state index contributed by atoms with van der Waals surface area (Å²) in [5, 5.41) is 0. The van der Waals surface area contributed by atoms with Crippen LogP contribution in [0.5, 0.6) is 0 Å². The van der Waals surface area contributed by atoms with E-state index in [0.717, 1.165) is 45.4 Å². The summed E-state index contributed by atoms with van der Waals surface area (Å²) in [6, 6.07) is 0.717. The SMILES string of the molecule is O=C(C1CCCO1)N1CCC(N2CCCCC2)CC1. The second-order valence-corrected chi connectivity index (χ2v) is 6.15. The van der Waals surface area contributed by atoms with Gasteiger partial charge in [-0.3, -0.25) is 4.79 Å². The molecule has 3 saturated heterocycles. The summed E-state index contributed by atoms with van der Waals surface area (Å²) in [7, 11) is 0. The number of hydrogen-bond acceptors (Lipinski definition) is 3. The first kappa shape index (κ1) is 13.4. The summed E-state index contributed by atoms with van der Waals surface area (Å²) in [5.41, 5.74) is 0. The maximum absolute atomic E-state index is 12.3. The van der Waals surface area contributed by atoms with Gasteiger partial charge >= 0.3 is 0 Å². The van der Waals surface area contributed by atoms with E-state index >= 15 is 0 Å². The first-order valence-electron chi connectivity index (χ1n) is 7.99. The van der Waals surface area contributed by atoms with Gasteiger partial charge in [-0.15, -0.1) is 0 Å². The highest BCUT2D eigenvalue weighted by atomic mass is 16.5. The van der Waals surface area contributed by atoms with Crippen molar-refractivity contribution in [3.05, 3.63) is 0 Å². The molecule has 0 aliphatic carbocycles. The van der Waals surface area contributed by atoms with Crippen molar-refractivity contribution in [2.24, 2.45) is 0 Å². The Morgan fingerprint density at radius 1 is 0.895 bits per heavy atom. The van der Waals surface area contributed by atoms with Crippen LogP contribution in [0.2, 0.25) is 0 Å². The van der Waals surface area contributed by atoms with Crippen molar-refractivity contribution in [2.45, 2.75) is 57.1 Å². The number of likely N-dealkylation sites (tertiary alicyclic amines) is 2. The lowest BCUT2D eigenvalue weighted by Gasteiger charge is -2.40. The highest BCUT2D eigenvalue weighted by Crippen LogP contribution is 2.23. The van der Waals surface area contributed by atoms with E-state index in [2.05, 4.69) is 4.90 Å². The van der Waals surface area contributed by atoms with Crippen LogP contribution < -0.4 is 0 Å². The Kier molecular flexibility index (Phi) is 4.38. The molecule has 19 heavy (non-hydrogen) atoms. The number of carbonyl (C=O) groups excluding carboxylic acids is 1. The Hall–Kier alpha value is -0.610. The largest absolute Gasteiger partial charge is 0.368 e. The number of rotatable bonds is 2. The van der Waals surface area contributed by atoms with E-state index in [1.165, 1.54) is 32.4 Å². The van der Waals surface area contributed by atoms with Crippen molar-refractivity contribution in [3.8, 4) is 0 Å². The summed E-state index contributed by atoms with van der Waals surface area (Å²) >= 11 is 0. The highest BCUT2D eigenvalue weighted by Gasteiger charge is 2.32. The first-order valence-corrected chi connectivity index (χ1v) is 7.99. The van der Waals surface area contributed by atoms with Gasteiger partial charge in [0, 0.05) is 25.7 Å². The number of hydrogen-bond donors (Lipinski definition) is 0. The van der Waals surface area contributed by atoms with E-state index in [9.17, 15) is 4.79 Å². The molecule has 0 bridgehead atoms. The maximum atomic E-state index is 12.3. The summed E-state index contributed by atoms with van der Waals surface area (Å²) in [6.45, 7) is 5.16. The molecule has 0 aromatic carbocycles. The second kappa shape index (κ2) is 6.23. The van der Waals surface area contributed by atoms with Crippen LogP contribution in [0.4, 0.5) is 0 Å². The Bertz CT molecular complexity index is 301. The number of nitrogens with zero attached hydrogens (tertiary/aromatic N) is 2. The zero-order chi connectivity index (χ0) is 13.1. The van der Waals surface area contributed by atoms with Gasteiger partial charge in [0.05, 0.1) is 0 Å². The molecule has 4 nitrogen and oxygen atoms in total. The van der Waals surface area contributed by atoms with E-state index in [1.807, 2.05) is 4.90 Å². The van der Waals surface area contributed by atoms with Gasteiger partial charge in [0.15, 0.2) is 0 Å². The fraction of sp³-hybridized carbons (Fsp3) is 0.933. The molecule has 1 atom stereocenters.